The first-order valence-electron chi connectivity index (χ1n) is 6.43. The molecule has 0 bridgehead atoms. The van der Waals surface area contributed by atoms with E-state index >= 15 is 0 Å². The molecule has 2 rings (SSSR count). The number of nitrogens with zero attached hydrogens (tertiary/aromatic N) is 1. The molecule has 106 valence electrons. The van der Waals surface area contributed by atoms with Crippen LogP contribution in [0.15, 0.2) is 36.4 Å². The molecule has 0 aliphatic carbocycles. The third-order valence-electron chi connectivity index (χ3n) is 2.61. The Balaban J connectivity index is 2.25. The monoisotopic (exact) mass is 273 g/mol. The second kappa shape index (κ2) is 6.14. The van der Waals surface area contributed by atoms with Crippen molar-refractivity contribution in [3.05, 3.63) is 36.4 Å². The number of nitrogens with one attached hydrogen (secondary N) is 1. The van der Waals surface area contributed by atoms with Crippen molar-refractivity contribution in [2.75, 3.05) is 18.2 Å². The van der Waals surface area contributed by atoms with E-state index in [-0.39, 0.29) is 6.10 Å². The fourth-order valence-electron chi connectivity index (χ4n) is 1.72. The smallest absolute Gasteiger partial charge is 0.239 e. The standard InChI is InChI=1S/C15H19N3O2/c1-10(2)20-15-11(16)8-9-14(18-15)17-12-6-4-5-7-13(12)19-3/h4-10H,16H2,1-3H3,(H,17,18). The van der Waals surface area contributed by atoms with Crippen LogP contribution < -0.4 is 20.5 Å². The molecule has 0 fully saturated rings. The molecule has 5 nitrogen and oxygen atoms in total. The van der Waals surface area contributed by atoms with Gasteiger partial charge in [-0.05, 0) is 38.1 Å². The molecule has 0 aliphatic heterocycles. The molecule has 0 radical (unpaired) electrons. The Morgan fingerprint density at radius 2 is 1.90 bits per heavy atom. The number of nitrogens with two attached hydrogens (primary N) is 1. The molecule has 3 N–H and O–H groups in total. The van der Waals surface area contributed by atoms with Crippen LogP contribution in [0, 0.1) is 0 Å². The lowest BCUT2D eigenvalue weighted by molar-refractivity contribution is 0.234. The van der Waals surface area contributed by atoms with Gasteiger partial charge in [-0.1, -0.05) is 12.1 Å². The zero-order valence-corrected chi connectivity index (χ0v) is 11.9. The average molecular weight is 273 g/mol. The van der Waals surface area contributed by atoms with Crippen molar-refractivity contribution in [2.45, 2.75) is 20.0 Å². The average Bonchev–Trinajstić information content (AvgIpc) is 2.42. The van der Waals surface area contributed by atoms with E-state index in [0.717, 1.165) is 11.4 Å². The summed E-state index contributed by atoms with van der Waals surface area (Å²) in [4.78, 5) is 4.37. The molecule has 1 aromatic heterocycles. The first kappa shape index (κ1) is 14.0. The predicted molar refractivity (Wildman–Crippen MR) is 80.7 cm³/mol. The quantitative estimate of drug-likeness (QED) is 0.875. The van der Waals surface area contributed by atoms with Crippen molar-refractivity contribution in [3.63, 3.8) is 0 Å². The van der Waals surface area contributed by atoms with Crippen LogP contribution in [0.5, 0.6) is 11.6 Å². The van der Waals surface area contributed by atoms with Gasteiger partial charge in [-0.25, -0.2) is 0 Å². The van der Waals surface area contributed by atoms with Crippen LogP contribution in [0.4, 0.5) is 17.2 Å². The highest BCUT2D eigenvalue weighted by Gasteiger charge is 2.08. The third kappa shape index (κ3) is 3.32. The second-order valence-corrected chi connectivity index (χ2v) is 4.58. The van der Waals surface area contributed by atoms with Gasteiger partial charge < -0.3 is 20.5 Å². The van der Waals surface area contributed by atoms with Crippen LogP contribution in [0.25, 0.3) is 0 Å². The molecule has 0 unspecified atom stereocenters. The van der Waals surface area contributed by atoms with Gasteiger partial charge >= 0.3 is 0 Å². The van der Waals surface area contributed by atoms with Gasteiger partial charge in [0, 0.05) is 0 Å². The molecule has 1 heterocycles. The van der Waals surface area contributed by atoms with Gasteiger partial charge in [-0.2, -0.15) is 4.98 Å². The molecule has 0 spiro atoms. The first-order valence-corrected chi connectivity index (χ1v) is 6.43. The number of para-hydroxylation sites is 2. The highest BCUT2D eigenvalue weighted by molar-refractivity contribution is 5.65. The number of ether oxygens (including phenoxy) is 2. The van der Waals surface area contributed by atoms with Crippen LogP contribution in [0.1, 0.15) is 13.8 Å². The summed E-state index contributed by atoms with van der Waals surface area (Å²) < 4.78 is 10.9. The topological polar surface area (TPSA) is 69.4 Å². The summed E-state index contributed by atoms with van der Waals surface area (Å²) in [6.45, 7) is 3.86. The van der Waals surface area contributed by atoms with Crippen LogP contribution in [0.3, 0.4) is 0 Å². The maximum atomic E-state index is 5.85. The van der Waals surface area contributed by atoms with Crippen molar-refractivity contribution in [3.8, 4) is 11.6 Å². The maximum absolute atomic E-state index is 5.85. The molecule has 2 aromatic rings. The van der Waals surface area contributed by atoms with Crippen LogP contribution in [0.2, 0.25) is 0 Å². The van der Waals surface area contributed by atoms with Crippen molar-refractivity contribution in [1.29, 1.82) is 0 Å². The minimum Gasteiger partial charge on any atom is -0.495 e. The zero-order chi connectivity index (χ0) is 14.5. The number of rotatable bonds is 5. The van der Waals surface area contributed by atoms with Crippen molar-refractivity contribution in [1.82, 2.24) is 4.98 Å². The number of nitrogen functional groups attached to an aromatic ring is 1. The molecular weight excluding hydrogens is 254 g/mol. The van der Waals surface area contributed by atoms with Crippen LogP contribution >= 0.6 is 0 Å². The van der Waals surface area contributed by atoms with E-state index < -0.39 is 0 Å². The van der Waals surface area contributed by atoms with E-state index in [4.69, 9.17) is 15.2 Å². The van der Waals surface area contributed by atoms with Gasteiger partial charge in [0.1, 0.15) is 11.6 Å². The molecule has 0 saturated carbocycles. The van der Waals surface area contributed by atoms with Crippen LogP contribution in [-0.4, -0.2) is 18.2 Å². The molecular formula is C15H19N3O2. The fraction of sp³-hybridized carbons (Fsp3) is 0.267. The Morgan fingerprint density at radius 3 is 2.60 bits per heavy atom. The predicted octanol–water partition coefficient (Wildman–Crippen LogP) is 3.20. The van der Waals surface area contributed by atoms with Crippen molar-refractivity contribution in [2.24, 2.45) is 0 Å². The number of hydrogen-bond acceptors (Lipinski definition) is 5. The number of anilines is 3. The number of pyridine rings is 1. The highest BCUT2D eigenvalue weighted by Crippen LogP contribution is 2.28. The van der Waals surface area contributed by atoms with E-state index in [2.05, 4.69) is 10.3 Å². The van der Waals surface area contributed by atoms with Crippen molar-refractivity contribution >= 4 is 17.2 Å². The molecule has 0 atom stereocenters. The summed E-state index contributed by atoms with van der Waals surface area (Å²) in [6.07, 6.45) is 0.0197. The minimum atomic E-state index is 0.0197. The van der Waals surface area contributed by atoms with Gasteiger partial charge in [-0.3, -0.25) is 0 Å². The number of methoxy groups -OCH3 is 1. The fourth-order valence-corrected chi connectivity index (χ4v) is 1.72. The third-order valence-corrected chi connectivity index (χ3v) is 2.61. The number of benzene rings is 1. The summed E-state index contributed by atoms with van der Waals surface area (Å²) in [7, 11) is 1.63. The number of aromatic nitrogens is 1. The highest BCUT2D eigenvalue weighted by atomic mass is 16.5. The summed E-state index contributed by atoms with van der Waals surface area (Å²) in [6, 6.07) is 11.2. The molecule has 1 aromatic carbocycles. The van der Waals surface area contributed by atoms with Gasteiger partial charge in [0.2, 0.25) is 5.88 Å². The Kier molecular flexibility index (Phi) is 4.30. The minimum absolute atomic E-state index is 0.0197. The van der Waals surface area contributed by atoms with E-state index in [1.54, 1.807) is 19.2 Å². The van der Waals surface area contributed by atoms with E-state index in [0.29, 0.717) is 17.4 Å². The second-order valence-electron chi connectivity index (χ2n) is 4.58. The van der Waals surface area contributed by atoms with E-state index in [1.165, 1.54) is 0 Å². The van der Waals surface area contributed by atoms with Gasteiger partial charge in [0.05, 0.1) is 24.6 Å². The molecule has 0 amide bonds. The zero-order valence-electron chi connectivity index (χ0n) is 11.9. The molecule has 0 saturated heterocycles. The summed E-state index contributed by atoms with van der Waals surface area (Å²) in [5.41, 5.74) is 7.20. The summed E-state index contributed by atoms with van der Waals surface area (Å²) in [5.74, 6) is 1.83. The van der Waals surface area contributed by atoms with E-state index in [1.807, 2.05) is 38.1 Å². The largest absolute Gasteiger partial charge is 0.495 e. The first-order chi connectivity index (χ1) is 9.60. The van der Waals surface area contributed by atoms with Gasteiger partial charge in [0.15, 0.2) is 0 Å². The van der Waals surface area contributed by atoms with Gasteiger partial charge in [0.25, 0.3) is 0 Å². The molecule has 5 heteroatoms. The Labute approximate surface area is 118 Å². The van der Waals surface area contributed by atoms with Gasteiger partial charge in [-0.15, -0.1) is 0 Å². The normalized spacial score (nSPS) is 10.4. The summed E-state index contributed by atoms with van der Waals surface area (Å²) >= 11 is 0. The lowest BCUT2D eigenvalue weighted by Crippen LogP contribution is -2.09. The maximum Gasteiger partial charge on any atom is 0.239 e. The lowest BCUT2D eigenvalue weighted by atomic mass is 10.3. The Bertz CT molecular complexity index is 585. The SMILES string of the molecule is COc1ccccc1Nc1ccc(N)c(OC(C)C)n1. The van der Waals surface area contributed by atoms with Crippen LogP contribution in [-0.2, 0) is 0 Å². The van der Waals surface area contributed by atoms with Crippen molar-refractivity contribution < 1.29 is 9.47 Å². The Morgan fingerprint density at radius 1 is 1.15 bits per heavy atom. The molecule has 0 aliphatic rings. The lowest BCUT2D eigenvalue weighted by Gasteiger charge is -2.14. The number of hydrogen-bond donors (Lipinski definition) is 2. The van der Waals surface area contributed by atoms with E-state index in [9.17, 15) is 0 Å². The Hall–Kier alpha value is -2.43. The molecule has 20 heavy (non-hydrogen) atoms. The summed E-state index contributed by atoms with van der Waals surface area (Å²) in [5, 5.41) is 3.19.